The van der Waals surface area contributed by atoms with Gasteiger partial charge in [0.2, 0.25) is 6.79 Å². The summed E-state index contributed by atoms with van der Waals surface area (Å²) in [7, 11) is 0. The number of ether oxygens (including phenoxy) is 3. The van der Waals surface area contributed by atoms with Gasteiger partial charge in [0.25, 0.3) is 5.91 Å². The Hall–Kier alpha value is -2.69. The predicted molar refractivity (Wildman–Crippen MR) is 82.6 cm³/mol. The normalized spacial score (nSPS) is 12.1. The molecule has 5 heteroatoms. The molecule has 114 valence electrons. The lowest BCUT2D eigenvalue weighted by molar-refractivity contribution is -0.118. The lowest BCUT2D eigenvalue weighted by Gasteiger charge is -2.10. The average molecular weight is 299 g/mol. The van der Waals surface area contributed by atoms with E-state index in [4.69, 9.17) is 14.2 Å². The van der Waals surface area contributed by atoms with Crippen LogP contribution in [-0.2, 0) is 4.79 Å². The zero-order chi connectivity index (χ0) is 15.5. The maximum atomic E-state index is 12.0. The average Bonchev–Trinajstić information content (AvgIpc) is 2.96. The van der Waals surface area contributed by atoms with Crippen LogP contribution in [0.25, 0.3) is 0 Å². The van der Waals surface area contributed by atoms with Crippen molar-refractivity contribution in [2.24, 2.45) is 0 Å². The molecule has 0 aliphatic carbocycles. The molecule has 0 atom stereocenters. The molecule has 1 amide bonds. The second kappa shape index (κ2) is 5.97. The lowest BCUT2D eigenvalue weighted by Crippen LogP contribution is -2.20. The Bertz CT molecular complexity index is 712. The standard InChI is InChI=1S/C17H17NO4/c1-11-3-4-12(2)14(7-11)18-17(19)9-20-13-5-6-15-16(8-13)22-10-21-15/h3-8H,9-10H2,1-2H3,(H,18,19). The summed E-state index contributed by atoms with van der Waals surface area (Å²) in [6, 6.07) is 11.2. The van der Waals surface area contributed by atoms with E-state index in [1.54, 1.807) is 18.2 Å². The molecule has 0 unspecified atom stereocenters. The quantitative estimate of drug-likeness (QED) is 0.942. The van der Waals surface area contributed by atoms with Gasteiger partial charge in [0, 0.05) is 11.8 Å². The smallest absolute Gasteiger partial charge is 0.262 e. The van der Waals surface area contributed by atoms with E-state index in [9.17, 15) is 4.79 Å². The van der Waals surface area contributed by atoms with Gasteiger partial charge in [-0.1, -0.05) is 12.1 Å². The molecule has 1 aliphatic rings. The maximum Gasteiger partial charge on any atom is 0.262 e. The number of carbonyl (C=O) groups is 1. The SMILES string of the molecule is Cc1ccc(C)c(NC(=O)COc2ccc3c(c2)OCO3)c1. The van der Waals surface area contributed by atoms with Gasteiger partial charge >= 0.3 is 0 Å². The minimum absolute atomic E-state index is 0.0625. The van der Waals surface area contributed by atoms with E-state index < -0.39 is 0 Å². The predicted octanol–water partition coefficient (Wildman–Crippen LogP) is 3.05. The van der Waals surface area contributed by atoms with Crippen molar-refractivity contribution < 1.29 is 19.0 Å². The molecule has 0 spiro atoms. The minimum Gasteiger partial charge on any atom is -0.484 e. The lowest BCUT2D eigenvalue weighted by atomic mass is 10.1. The highest BCUT2D eigenvalue weighted by molar-refractivity contribution is 5.92. The van der Waals surface area contributed by atoms with Crippen LogP contribution in [0.4, 0.5) is 5.69 Å². The summed E-state index contributed by atoms with van der Waals surface area (Å²) >= 11 is 0. The number of hydrogen-bond acceptors (Lipinski definition) is 4. The Morgan fingerprint density at radius 3 is 2.82 bits per heavy atom. The van der Waals surface area contributed by atoms with Crippen LogP contribution in [0.1, 0.15) is 11.1 Å². The molecule has 0 saturated heterocycles. The molecule has 5 nitrogen and oxygen atoms in total. The van der Waals surface area contributed by atoms with Gasteiger partial charge in [-0.25, -0.2) is 0 Å². The van der Waals surface area contributed by atoms with Gasteiger partial charge in [-0.15, -0.1) is 0 Å². The first-order valence-corrected chi connectivity index (χ1v) is 7.01. The Labute approximate surface area is 128 Å². The van der Waals surface area contributed by atoms with Gasteiger partial charge in [0.15, 0.2) is 18.1 Å². The van der Waals surface area contributed by atoms with Crippen molar-refractivity contribution in [3.05, 3.63) is 47.5 Å². The Kier molecular flexibility index (Phi) is 3.87. The minimum atomic E-state index is -0.202. The van der Waals surface area contributed by atoms with Crippen molar-refractivity contribution >= 4 is 11.6 Å². The van der Waals surface area contributed by atoms with E-state index in [0.29, 0.717) is 17.2 Å². The molecule has 1 N–H and O–H groups in total. The molecule has 1 aliphatic heterocycles. The van der Waals surface area contributed by atoms with Crippen LogP contribution in [-0.4, -0.2) is 19.3 Å². The number of rotatable bonds is 4. The number of carbonyl (C=O) groups excluding carboxylic acids is 1. The summed E-state index contributed by atoms with van der Waals surface area (Å²) in [6.45, 7) is 4.09. The number of anilines is 1. The second-order valence-electron chi connectivity index (χ2n) is 5.17. The molecule has 2 aromatic carbocycles. The molecule has 0 fully saturated rings. The van der Waals surface area contributed by atoms with Crippen molar-refractivity contribution in [1.29, 1.82) is 0 Å². The van der Waals surface area contributed by atoms with Crippen LogP contribution in [0, 0.1) is 13.8 Å². The van der Waals surface area contributed by atoms with E-state index in [0.717, 1.165) is 16.8 Å². The number of nitrogens with one attached hydrogen (secondary N) is 1. The van der Waals surface area contributed by atoms with Gasteiger partial charge < -0.3 is 19.5 Å². The fourth-order valence-corrected chi connectivity index (χ4v) is 2.17. The third-order valence-corrected chi connectivity index (χ3v) is 3.38. The van der Waals surface area contributed by atoms with Gasteiger partial charge in [-0.2, -0.15) is 0 Å². The molecule has 0 aromatic heterocycles. The second-order valence-corrected chi connectivity index (χ2v) is 5.17. The molecular formula is C17H17NO4. The molecule has 22 heavy (non-hydrogen) atoms. The number of amides is 1. The third-order valence-electron chi connectivity index (χ3n) is 3.38. The molecular weight excluding hydrogens is 282 g/mol. The van der Waals surface area contributed by atoms with Gasteiger partial charge in [0.1, 0.15) is 5.75 Å². The van der Waals surface area contributed by atoms with Crippen molar-refractivity contribution in [2.45, 2.75) is 13.8 Å². The Morgan fingerprint density at radius 2 is 1.95 bits per heavy atom. The molecule has 2 aromatic rings. The van der Waals surface area contributed by atoms with E-state index in [2.05, 4.69) is 5.32 Å². The summed E-state index contributed by atoms with van der Waals surface area (Å²) < 4.78 is 16.0. The van der Waals surface area contributed by atoms with Crippen LogP contribution < -0.4 is 19.5 Å². The first kappa shape index (κ1) is 14.3. The fraction of sp³-hybridized carbons (Fsp3) is 0.235. The van der Waals surface area contributed by atoms with Crippen molar-refractivity contribution in [3.63, 3.8) is 0 Å². The van der Waals surface area contributed by atoms with E-state index >= 15 is 0 Å². The Balaban J connectivity index is 1.59. The molecule has 3 rings (SSSR count). The monoisotopic (exact) mass is 299 g/mol. The summed E-state index contributed by atoms with van der Waals surface area (Å²) in [5, 5.41) is 2.85. The van der Waals surface area contributed by atoms with Crippen LogP contribution in [0.3, 0.4) is 0 Å². The van der Waals surface area contributed by atoms with Crippen molar-refractivity contribution in [1.82, 2.24) is 0 Å². The van der Waals surface area contributed by atoms with Crippen molar-refractivity contribution in [3.8, 4) is 17.2 Å². The van der Waals surface area contributed by atoms with Crippen molar-refractivity contribution in [2.75, 3.05) is 18.7 Å². The topological polar surface area (TPSA) is 56.8 Å². The first-order valence-electron chi connectivity index (χ1n) is 7.01. The van der Waals surface area contributed by atoms with Gasteiger partial charge in [-0.05, 0) is 43.2 Å². The van der Waals surface area contributed by atoms with Crippen LogP contribution in [0.5, 0.6) is 17.2 Å². The van der Waals surface area contributed by atoms with Crippen LogP contribution in [0.15, 0.2) is 36.4 Å². The number of aryl methyl sites for hydroxylation is 2. The number of hydrogen-bond donors (Lipinski definition) is 1. The molecule has 0 saturated carbocycles. The summed E-state index contributed by atoms with van der Waals surface area (Å²) in [6.07, 6.45) is 0. The summed E-state index contributed by atoms with van der Waals surface area (Å²) in [5.74, 6) is 1.69. The highest BCUT2D eigenvalue weighted by atomic mass is 16.7. The van der Waals surface area contributed by atoms with Gasteiger partial charge in [0.05, 0.1) is 0 Å². The molecule has 0 radical (unpaired) electrons. The van der Waals surface area contributed by atoms with E-state index in [1.165, 1.54) is 0 Å². The zero-order valence-corrected chi connectivity index (χ0v) is 12.5. The number of fused-ring (bicyclic) bond motifs is 1. The third kappa shape index (κ3) is 3.14. The number of benzene rings is 2. The van der Waals surface area contributed by atoms with Crippen LogP contribution >= 0.6 is 0 Å². The molecule has 1 heterocycles. The van der Waals surface area contributed by atoms with Crippen LogP contribution in [0.2, 0.25) is 0 Å². The van der Waals surface area contributed by atoms with Gasteiger partial charge in [-0.3, -0.25) is 4.79 Å². The van der Waals surface area contributed by atoms with E-state index in [-0.39, 0.29) is 19.3 Å². The molecule has 0 bridgehead atoms. The highest BCUT2D eigenvalue weighted by Gasteiger charge is 2.14. The maximum absolute atomic E-state index is 12.0. The summed E-state index contributed by atoms with van der Waals surface area (Å²) in [4.78, 5) is 12.0. The van der Waals surface area contributed by atoms with E-state index in [1.807, 2.05) is 32.0 Å². The fourth-order valence-electron chi connectivity index (χ4n) is 2.17. The largest absolute Gasteiger partial charge is 0.484 e. The Morgan fingerprint density at radius 1 is 1.14 bits per heavy atom. The highest BCUT2D eigenvalue weighted by Crippen LogP contribution is 2.35. The zero-order valence-electron chi connectivity index (χ0n) is 12.5. The first-order chi connectivity index (χ1) is 10.6. The summed E-state index contributed by atoms with van der Waals surface area (Å²) in [5.41, 5.74) is 2.92.